The minimum absolute atomic E-state index is 0.141. The number of pyridine rings is 2. The molecular weight excluding hydrogens is 524 g/mol. The van der Waals surface area contributed by atoms with Gasteiger partial charge in [-0.05, 0) is 49.9 Å². The molecule has 7 nitrogen and oxygen atoms in total. The van der Waals surface area contributed by atoms with Gasteiger partial charge in [-0.1, -0.05) is 6.92 Å². The molecule has 5 heterocycles. The van der Waals surface area contributed by atoms with Crippen LogP contribution < -0.4 is 15.1 Å². The quantitative estimate of drug-likeness (QED) is 0.388. The van der Waals surface area contributed by atoms with E-state index >= 15 is 0 Å². The van der Waals surface area contributed by atoms with Gasteiger partial charge in [0.15, 0.2) is 0 Å². The number of nitrogens with zero attached hydrogens (tertiary/aromatic N) is 6. The zero-order valence-electron chi connectivity index (χ0n) is 21.1. The molecule has 2 aliphatic rings. The molecule has 5 rings (SSSR count). The van der Waals surface area contributed by atoms with E-state index in [4.69, 9.17) is 9.97 Å². The van der Waals surface area contributed by atoms with E-state index in [9.17, 15) is 26.3 Å². The topological polar surface area (TPSA) is 70.1 Å². The van der Waals surface area contributed by atoms with Crippen molar-refractivity contribution in [2.45, 2.75) is 57.4 Å². The lowest BCUT2D eigenvalue weighted by Gasteiger charge is -2.25. The molecule has 1 atom stereocenters. The van der Waals surface area contributed by atoms with Crippen LogP contribution in [0.15, 0.2) is 36.7 Å². The number of fused-ring (bicyclic) bond motifs is 1. The number of anilines is 4. The number of rotatable bonds is 5. The summed E-state index contributed by atoms with van der Waals surface area (Å²) in [6.45, 7) is 3.36. The molecule has 1 fully saturated rings. The van der Waals surface area contributed by atoms with Gasteiger partial charge in [-0.2, -0.15) is 31.3 Å². The van der Waals surface area contributed by atoms with Crippen molar-refractivity contribution in [2.75, 3.05) is 34.8 Å². The van der Waals surface area contributed by atoms with Gasteiger partial charge >= 0.3 is 12.4 Å². The maximum Gasteiger partial charge on any atom is 0.433 e. The minimum Gasteiger partial charge on any atom is -0.355 e. The molecule has 13 heteroatoms. The molecule has 2 aliphatic heterocycles. The first-order valence-corrected chi connectivity index (χ1v) is 12.8. The van der Waals surface area contributed by atoms with Gasteiger partial charge in [-0.25, -0.2) is 15.0 Å². The molecule has 1 N–H and O–H groups in total. The molecule has 3 aromatic rings. The first-order chi connectivity index (χ1) is 18.5. The van der Waals surface area contributed by atoms with E-state index in [0.29, 0.717) is 41.6 Å². The molecule has 0 aromatic carbocycles. The van der Waals surface area contributed by atoms with Gasteiger partial charge in [0.1, 0.15) is 17.3 Å². The van der Waals surface area contributed by atoms with Gasteiger partial charge in [-0.3, -0.25) is 0 Å². The third-order valence-corrected chi connectivity index (χ3v) is 7.14. The molecule has 3 aromatic heterocycles. The Morgan fingerprint density at radius 2 is 1.74 bits per heavy atom. The van der Waals surface area contributed by atoms with Crippen LogP contribution in [0.2, 0.25) is 0 Å². The molecular formula is C26H27F6N7. The van der Waals surface area contributed by atoms with E-state index in [-0.39, 0.29) is 24.9 Å². The molecule has 0 spiro atoms. The van der Waals surface area contributed by atoms with E-state index in [0.717, 1.165) is 44.1 Å². The highest BCUT2D eigenvalue weighted by Crippen LogP contribution is 2.37. The molecule has 0 amide bonds. The van der Waals surface area contributed by atoms with Crippen LogP contribution in [0.1, 0.15) is 48.7 Å². The molecule has 39 heavy (non-hydrogen) atoms. The Kier molecular flexibility index (Phi) is 7.25. The fraction of sp³-hybridized carbons (Fsp3) is 0.462. The van der Waals surface area contributed by atoms with Crippen molar-refractivity contribution in [3.8, 4) is 0 Å². The SMILES string of the molecule is CCC1CCCN1c1nc2c(c(Nc3ccc(C(F)(F)F)nc3)n1)CCN(c1ncccc1C(F)(F)F)CC2. The third-order valence-electron chi connectivity index (χ3n) is 7.14. The molecule has 1 saturated heterocycles. The number of alkyl halides is 6. The molecule has 0 saturated carbocycles. The monoisotopic (exact) mass is 551 g/mol. The Labute approximate surface area is 221 Å². The lowest BCUT2D eigenvalue weighted by Crippen LogP contribution is -2.31. The van der Waals surface area contributed by atoms with Crippen molar-refractivity contribution < 1.29 is 26.3 Å². The number of hydrogen-bond donors (Lipinski definition) is 1. The van der Waals surface area contributed by atoms with Crippen LogP contribution in [0.25, 0.3) is 0 Å². The third kappa shape index (κ3) is 5.71. The molecule has 0 bridgehead atoms. The average molecular weight is 552 g/mol. The lowest BCUT2D eigenvalue weighted by molar-refractivity contribution is -0.141. The summed E-state index contributed by atoms with van der Waals surface area (Å²) >= 11 is 0. The number of hydrogen-bond acceptors (Lipinski definition) is 7. The Bertz CT molecular complexity index is 1310. The largest absolute Gasteiger partial charge is 0.433 e. The van der Waals surface area contributed by atoms with E-state index in [1.165, 1.54) is 18.3 Å². The summed E-state index contributed by atoms with van der Waals surface area (Å²) in [5.74, 6) is 0.776. The van der Waals surface area contributed by atoms with Crippen molar-refractivity contribution in [1.29, 1.82) is 0 Å². The van der Waals surface area contributed by atoms with Gasteiger partial charge < -0.3 is 15.1 Å². The Hall–Kier alpha value is -3.64. The summed E-state index contributed by atoms with van der Waals surface area (Å²) in [5.41, 5.74) is -0.105. The maximum atomic E-state index is 13.7. The van der Waals surface area contributed by atoms with E-state index in [1.807, 2.05) is 0 Å². The normalized spacial score (nSPS) is 18.2. The van der Waals surface area contributed by atoms with Crippen molar-refractivity contribution in [2.24, 2.45) is 0 Å². The summed E-state index contributed by atoms with van der Waals surface area (Å²) in [6, 6.07) is 4.70. The fourth-order valence-electron chi connectivity index (χ4n) is 5.20. The fourth-order valence-corrected chi connectivity index (χ4v) is 5.20. The van der Waals surface area contributed by atoms with Crippen molar-refractivity contribution >= 4 is 23.3 Å². The van der Waals surface area contributed by atoms with Gasteiger partial charge in [0.25, 0.3) is 0 Å². The van der Waals surface area contributed by atoms with Gasteiger partial charge in [-0.15, -0.1) is 0 Å². The average Bonchev–Trinajstić information content (AvgIpc) is 3.27. The Morgan fingerprint density at radius 3 is 2.44 bits per heavy atom. The van der Waals surface area contributed by atoms with Crippen LogP contribution in [0.5, 0.6) is 0 Å². The zero-order valence-corrected chi connectivity index (χ0v) is 21.1. The van der Waals surface area contributed by atoms with Gasteiger partial charge in [0.05, 0.1) is 23.1 Å². The number of halogens is 6. The van der Waals surface area contributed by atoms with Gasteiger partial charge in [0.2, 0.25) is 5.95 Å². The summed E-state index contributed by atoms with van der Waals surface area (Å²) in [4.78, 5) is 20.9. The summed E-state index contributed by atoms with van der Waals surface area (Å²) < 4.78 is 80.1. The summed E-state index contributed by atoms with van der Waals surface area (Å²) in [6.07, 6.45) is -3.14. The summed E-state index contributed by atoms with van der Waals surface area (Å²) in [7, 11) is 0. The number of aromatic nitrogens is 4. The van der Waals surface area contributed by atoms with E-state index < -0.39 is 23.6 Å². The van der Waals surface area contributed by atoms with E-state index in [1.54, 1.807) is 4.90 Å². The first-order valence-electron chi connectivity index (χ1n) is 12.8. The van der Waals surface area contributed by atoms with Crippen LogP contribution in [0.4, 0.5) is 49.6 Å². The highest BCUT2D eigenvalue weighted by atomic mass is 19.4. The smallest absolute Gasteiger partial charge is 0.355 e. The predicted molar refractivity (Wildman–Crippen MR) is 134 cm³/mol. The second-order valence-electron chi connectivity index (χ2n) is 9.61. The standard InChI is InChI=1S/C26H27F6N7/c1-2-17-5-4-12-39(17)24-36-20-10-14-38(23-19(25(27,28)29)6-3-11-33-23)13-9-18(20)22(37-24)35-16-7-8-21(34-15-16)26(30,31)32/h3,6-8,11,15,17H,2,4-5,9-10,12-14H2,1H3,(H,35,36,37). The maximum absolute atomic E-state index is 13.7. The molecule has 0 radical (unpaired) electrons. The minimum atomic E-state index is -4.56. The van der Waals surface area contributed by atoms with Crippen LogP contribution in [0, 0.1) is 0 Å². The zero-order chi connectivity index (χ0) is 27.8. The summed E-state index contributed by atoms with van der Waals surface area (Å²) in [5, 5.41) is 3.10. The van der Waals surface area contributed by atoms with Crippen LogP contribution >= 0.6 is 0 Å². The van der Waals surface area contributed by atoms with Crippen LogP contribution in [-0.4, -0.2) is 45.6 Å². The Morgan fingerprint density at radius 1 is 0.949 bits per heavy atom. The molecule has 0 aliphatic carbocycles. The van der Waals surface area contributed by atoms with E-state index in [2.05, 4.69) is 27.1 Å². The highest BCUT2D eigenvalue weighted by molar-refractivity contribution is 5.63. The van der Waals surface area contributed by atoms with Crippen LogP contribution in [-0.2, 0) is 25.2 Å². The second kappa shape index (κ2) is 10.5. The van der Waals surface area contributed by atoms with Crippen molar-refractivity contribution in [3.63, 3.8) is 0 Å². The molecule has 208 valence electrons. The predicted octanol–water partition coefficient (Wildman–Crippen LogP) is 6.03. The first kappa shape index (κ1) is 26.9. The van der Waals surface area contributed by atoms with Crippen molar-refractivity contribution in [3.05, 3.63) is 59.2 Å². The Balaban J connectivity index is 1.50. The van der Waals surface area contributed by atoms with Crippen LogP contribution in [0.3, 0.4) is 0 Å². The van der Waals surface area contributed by atoms with Crippen molar-refractivity contribution in [1.82, 2.24) is 19.9 Å². The lowest BCUT2D eigenvalue weighted by atomic mass is 10.1. The second-order valence-corrected chi connectivity index (χ2v) is 9.61. The van der Waals surface area contributed by atoms with Gasteiger partial charge in [0, 0.05) is 43.9 Å². The molecule has 1 unspecified atom stereocenters. The number of nitrogens with one attached hydrogen (secondary N) is 1. The highest BCUT2D eigenvalue weighted by Gasteiger charge is 2.36.